The topological polar surface area (TPSA) is 88.9 Å². The first-order valence-electron chi connectivity index (χ1n) is 9.82. The van der Waals surface area contributed by atoms with E-state index in [2.05, 4.69) is 4.90 Å². The van der Waals surface area contributed by atoms with E-state index in [1.165, 1.54) is 7.11 Å². The summed E-state index contributed by atoms with van der Waals surface area (Å²) in [6.07, 6.45) is 4.12. The lowest BCUT2D eigenvalue weighted by molar-refractivity contribution is -0.134. The van der Waals surface area contributed by atoms with E-state index >= 15 is 0 Å². The Morgan fingerprint density at radius 2 is 1.96 bits per heavy atom. The number of hydrogen-bond donors (Lipinski definition) is 0. The van der Waals surface area contributed by atoms with Gasteiger partial charge in [0.05, 0.1) is 25.2 Å². The van der Waals surface area contributed by atoms with E-state index < -0.39 is 9.84 Å². The minimum Gasteiger partial charge on any atom is -0.464 e. The summed E-state index contributed by atoms with van der Waals surface area (Å²) in [6, 6.07) is 3.62. The maximum absolute atomic E-state index is 12.8. The van der Waals surface area contributed by atoms with E-state index in [9.17, 15) is 18.0 Å². The third kappa shape index (κ3) is 4.57. The number of likely N-dealkylation sites (tertiary alicyclic amines) is 1. The minimum atomic E-state index is -3.01. The Bertz CT molecular complexity index is 811. The summed E-state index contributed by atoms with van der Waals surface area (Å²) in [5.74, 6) is -0.0860. The molecule has 1 aromatic heterocycles. The van der Waals surface area contributed by atoms with Gasteiger partial charge in [0.25, 0.3) is 0 Å². The number of piperidine rings is 1. The van der Waals surface area contributed by atoms with E-state index in [0.717, 1.165) is 25.9 Å². The summed E-state index contributed by atoms with van der Waals surface area (Å²) in [5.41, 5.74) is 0.552. The molecule has 156 valence electrons. The zero-order valence-electron chi connectivity index (χ0n) is 16.5. The Labute approximate surface area is 166 Å². The van der Waals surface area contributed by atoms with E-state index in [-0.39, 0.29) is 35.5 Å². The highest BCUT2D eigenvalue weighted by Crippen LogP contribution is 2.25. The van der Waals surface area contributed by atoms with Gasteiger partial charge in [0.15, 0.2) is 9.84 Å². The second-order valence-electron chi connectivity index (χ2n) is 7.54. The highest BCUT2D eigenvalue weighted by molar-refractivity contribution is 7.91. The second-order valence-corrected chi connectivity index (χ2v) is 9.76. The zero-order chi connectivity index (χ0) is 20.3. The lowest BCUT2D eigenvalue weighted by atomic mass is 10.0. The van der Waals surface area contributed by atoms with Crippen LogP contribution in [0.25, 0.3) is 0 Å². The Kier molecular flexibility index (Phi) is 6.44. The number of methoxy groups -OCH3 is 1. The smallest absolute Gasteiger partial charge is 0.354 e. The van der Waals surface area contributed by atoms with Gasteiger partial charge in [-0.15, -0.1) is 0 Å². The third-order valence-electron chi connectivity index (χ3n) is 5.79. The Morgan fingerprint density at radius 3 is 2.54 bits per heavy atom. The molecule has 1 aromatic rings. The molecule has 0 saturated carbocycles. The summed E-state index contributed by atoms with van der Waals surface area (Å²) < 4.78 is 30.3. The molecule has 0 aromatic carbocycles. The van der Waals surface area contributed by atoms with Crippen molar-refractivity contribution in [3.05, 3.63) is 24.0 Å². The first-order valence-corrected chi connectivity index (χ1v) is 11.6. The predicted octanol–water partition coefficient (Wildman–Crippen LogP) is 0.947. The molecule has 2 aliphatic heterocycles. The molecule has 2 aliphatic rings. The number of rotatable bonds is 6. The molecule has 1 unspecified atom stereocenters. The number of ether oxygens (including phenoxy) is 1. The number of nitrogens with zero attached hydrogens (tertiary/aromatic N) is 3. The van der Waals surface area contributed by atoms with Crippen LogP contribution in [-0.2, 0) is 19.4 Å². The van der Waals surface area contributed by atoms with Crippen molar-refractivity contribution in [3.8, 4) is 0 Å². The van der Waals surface area contributed by atoms with Crippen LogP contribution < -0.4 is 0 Å². The average Bonchev–Trinajstić information content (AvgIpc) is 3.29. The fraction of sp³-hybridized carbons (Fsp3) is 0.684. The molecule has 3 heterocycles. The molecular formula is C19H29N3O5S. The van der Waals surface area contributed by atoms with Crippen LogP contribution in [0.5, 0.6) is 0 Å². The molecule has 1 amide bonds. The summed E-state index contributed by atoms with van der Waals surface area (Å²) in [6.45, 7) is 4.26. The summed E-state index contributed by atoms with van der Waals surface area (Å²) in [5, 5.41) is 0. The lowest BCUT2D eigenvalue weighted by Gasteiger charge is -2.35. The van der Waals surface area contributed by atoms with Crippen LogP contribution >= 0.6 is 0 Å². The molecule has 3 rings (SSSR count). The maximum atomic E-state index is 12.8. The largest absolute Gasteiger partial charge is 0.464 e. The maximum Gasteiger partial charge on any atom is 0.354 e. The van der Waals surface area contributed by atoms with Crippen LogP contribution in [0.15, 0.2) is 18.3 Å². The van der Waals surface area contributed by atoms with Gasteiger partial charge >= 0.3 is 5.97 Å². The molecule has 0 aliphatic carbocycles. The first kappa shape index (κ1) is 20.9. The third-order valence-corrected chi connectivity index (χ3v) is 7.54. The molecular weight excluding hydrogens is 382 g/mol. The molecule has 0 N–H and O–H groups in total. The van der Waals surface area contributed by atoms with Gasteiger partial charge < -0.3 is 14.2 Å². The van der Waals surface area contributed by atoms with E-state index in [4.69, 9.17) is 4.74 Å². The fourth-order valence-electron chi connectivity index (χ4n) is 4.29. The Hall–Kier alpha value is -1.87. The van der Waals surface area contributed by atoms with Crippen LogP contribution in [0.3, 0.4) is 0 Å². The number of amides is 1. The van der Waals surface area contributed by atoms with Crippen molar-refractivity contribution in [2.45, 2.75) is 38.3 Å². The SMILES string of the molecule is CCN(C(=O)CN1CCC(n2cccc2C(=O)OC)CC1)C1CCS(=O)(=O)C1. The van der Waals surface area contributed by atoms with Gasteiger partial charge in [0.1, 0.15) is 5.69 Å². The van der Waals surface area contributed by atoms with Gasteiger partial charge in [-0.2, -0.15) is 0 Å². The van der Waals surface area contributed by atoms with Gasteiger partial charge in [-0.05, 0) is 38.3 Å². The van der Waals surface area contributed by atoms with E-state index in [0.29, 0.717) is 25.2 Å². The average molecular weight is 412 g/mol. The quantitative estimate of drug-likeness (QED) is 0.648. The molecule has 0 bridgehead atoms. The van der Waals surface area contributed by atoms with Crippen molar-refractivity contribution < 1.29 is 22.7 Å². The van der Waals surface area contributed by atoms with Crippen LogP contribution in [0, 0.1) is 0 Å². The molecule has 9 heteroatoms. The minimum absolute atomic E-state index is 0.000682. The van der Waals surface area contributed by atoms with Crippen LogP contribution in [0.2, 0.25) is 0 Å². The predicted molar refractivity (Wildman–Crippen MR) is 105 cm³/mol. The Balaban J connectivity index is 1.55. The summed E-state index contributed by atoms with van der Waals surface area (Å²) in [7, 11) is -1.63. The van der Waals surface area contributed by atoms with Crippen molar-refractivity contribution >= 4 is 21.7 Å². The normalized spacial score (nSPS) is 22.9. The molecule has 0 spiro atoms. The van der Waals surface area contributed by atoms with Gasteiger partial charge in [-0.3, -0.25) is 9.69 Å². The molecule has 8 nitrogen and oxygen atoms in total. The Morgan fingerprint density at radius 1 is 1.25 bits per heavy atom. The van der Waals surface area contributed by atoms with Gasteiger partial charge in [-0.1, -0.05) is 0 Å². The van der Waals surface area contributed by atoms with Gasteiger partial charge in [0.2, 0.25) is 5.91 Å². The highest BCUT2D eigenvalue weighted by Gasteiger charge is 2.34. The molecule has 0 radical (unpaired) electrons. The second kappa shape index (κ2) is 8.65. The fourth-order valence-corrected chi connectivity index (χ4v) is 6.02. The van der Waals surface area contributed by atoms with E-state index in [1.54, 1.807) is 11.0 Å². The summed E-state index contributed by atoms with van der Waals surface area (Å²) >= 11 is 0. The van der Waals surface area contributed by atoms with E-state index in [1.807, 2.05) is 23.8 Å². The van der Waals surface area contributed by atoms with Crippen molar-refractivity contribution in [3.63, 3.8) is 0 Å². The van der Waals surface area contributed by atoms with Gasteiger partial charge in [-0.25, -0.2) is 13.2 Å². The molecule has 1 atom stereocenters. The number of carbonyl (C=O) groups is 2. The number of carbonyl (C=O) groups excluding carboxylic acids is 2. The van der Waals surface area contributed by atoms with Crippen molar-refractivity contribution in [2.75, 3.05) is 44.8 Å². The standard InChI is InChI=1S/C19H29N3O5S/c1-3-21(16-8-12-28(25,26)14-16)18(23)13-20-10-6-15(7-11-20)22-9-4-5-17(22)19(24)27-2/h4-5,9,15-16H,3,6-8,10-14H2,1-2H3. The first-order chi connectivity index (χ1) is 13.3. The summed E-state index contributed by atoms with van der Waals surface area (Å²) in [4.78, 5) is 28.5. The molecule has 2 fully saturated rings. The number of sulfone groups is 1. The van der Waals surface area contributed by atoms with Crippen LogP contribution in [0.1, 0.15) is 42.7 Å². The monoisotopic (exact) mass is 411 g/mol. The molecule has 2 saturated heterocycles. The van der Waals surface area contributed by atoms with Crippen LogP contribution in [0.4, 0.5) is 0 Å². The zero-order valence-corrected chi connectivity index (χ0v) is 17.4. The molecule has 28 heavy (non-hydrogen) atoms. The van der Waals surface area contributed by atoms with Gasteiger partial charge in [0, 0.05) is 37.9 Å². The number of likely N-dealkylation sites (N-methyl/N-ethyl adjacent to an activating group) is 1. The lowest BCUT2D eigenvalue weighted by Crippen LogP contribution is -2.47. The number of aromatic nitrogens is 1. The van der Waals surface area contributed by atoms with Crippen LogP contribution in [-0.4, -0.2) is 85.5 Å². The number of hydrogen-bond acceptors (Lipinski definition) is 6. The van der Waals surface area contributed by atoms with Crippen molar-refractivity contribution in [2.24, 2.45) is 0 Å². The van der Waals surface area contributed by atoms with Crippen molar-refractivity contribution in [1.29, 1.82) is 0 Å². The van der Waals surface area contributed by atoms with Crippen molar-refractivity contribution in [1.82, 2.24) is 14.4 Å². The number of esters is 1. The highest BCUT2D eigenvalue weighted by atomic mass is 32.2.